The predicted octanol–water partition coefficient (Wildman–Crippen LogP) is 5.59. The zero-order valence-corrected chi connectivity index (χ0v) is 41.7. The van der Waals surface area contributed by atoms with Gasteiger partial charge in [-0.3, -0.25) is 20.2 Å². The van der Waals surface area contributed by atoms with Gasteiger partial charge in [-0.15, -0.1) is 0 Å². The van der Waals surface area contributed by atoms with Gasteiger partial charge in [0.05, 0.1) is 60.0 Å². The number of nitro groups is 2. The van der Waals surface area contributed by atoms with Crippen molar-refractivity contribution in [2.75, 3.05) is 108 Å². The van der Waals surface area contributed by atoms with E-state index in [9.17, 15) is 28.6 Å². The number of nitrogens with zero attached hydrogens (tertiary/aromatic N) is 14. The van der Waals surface area contributed by atoms with Crippen LogP contribution in [0.4, 0.5) is 40.1 Å². The maximum Gasteiger partial charge on any atom is 0.328 e. The van der Waals surface area contributed by atoms with Crippen molar-refractivity contribution in [1.82, 2.24) is 49.0 Å². The second-order valence-electron chi connectivity index (χ2n) is 16.8. The number of methoxy groups -OCH3 is 2. The lowest BCUT2D eigenvalue weighted by Crippen LogP contribution is -2.44. The van der Waals surface area contributed by atoms with Gasteiger partial charge in [-0.2, -0.15) is 39.2 Å². The fourth-order valence-electron chi connectivity index (χ4n) is 7.59. The quantitative estimate of drug-likeness (QED) is 0.0808. The fraction of sp³-hybridized carbons (Fsp3) is 0.277. The lowest BCUT2D eigenvalue weighted by molar-refractivity contribution is -0.385. The van der Waals surface area contributed by atoms with Gasteiger partial charge in [0.2, 0.25) is 15.8 Å². The topological polar surface area (TPSA) is 295 Å². The molecule has 0 radical (unpaired) electrons. The molecule has 2 aliphatic heterocycles. The van der Waals surface area contributed by atoms with Crippen molar-refractivity contribution >= 4 is 61.2 Å². The zero-order chi connectivity index (χ0) is 52.5. The first-order valence-electron chi connectivity index (χ1n) is 22.8. The average molecular weight is 1030 g/mol. The molecule has 10 rings (SSSR count). The van der Waals surface area contributed by atoms with E-state index < -0.39 is 24.8 Å². The first-order chi connectivity index (χ1) is 35.5. The van der Waals surface area contributed by atoms with Crippen molar-refractivity contribution in [2.24, 2.45) is 0 Å². The van der Waals surface area contributed by atoms with E-state index in [0.717, 1.165) is 70.1 Å². The summed E-state index contributed by atoms with van der Waals surface area (Å²) < 4.78 is 48.1. The molecule has 4 aromatic heterocycles. The van der Waals surface area contributed by atoms with Crippen molar-refractivity contribution in [3.8, 4) is 35.0 Å². The van der Waals surface area contributed by atoms with Gasteiger partial charge < -0.3 is 49.6 Å². The molecule has 0 bridgehead atoms. The first-order valence-corrected chi connectivity index (χ1v) is 24.7. The van der Waals surface area contributed by atoms with Crippen LogP contribution in [-0.4, -0.2) is 154 Å². The minimum atomic E-state index is -3.66. The molecular weight excluding hydrogens is 981 g/mol. The molecule has 2 fully saturated rings. The third-order valence-electron chi connectivity index (χ3n) is 11.6. The van der Waals surface area contributed by atoms with Gasteiger partial charge in [0, 0.05) is 106 Å². The molecule has 0 unspecified atom stereocenters. The number of ether oxygens (including phenoxy) is 4. The number of hydrogen-bond acceptors (Lipinski definition) is 22. The number of anilines is 5. The minimum absolute atomic E-state index is 0.0863. The summed E-state index contributed by atoms with van der Waals surface area (Å²) in [7, 11) is 3.89. The van der Waals surface area contributed by atoms with Crippen LogP contribution in [0.15, 0.2) is 115 Å². The highest BCUT2D eigenvalue weighted by molar-refractivity contribution is 7.90. The van der Waals surface area contributed by atoms with Crippen LogP contribution in [0.25, 0.3) is 11.3 Å². The molecular formula is C47H52N16O10S. The zero-order valence-electron chi connectivity index (χ0n) is 40.9. The largest absolute Gasteiger partial charge is 0.495 e. The number of sulfone groups is 1. The SMILES string of the molecule is COc1cc(N2CCN(C)CC2)ccc1N.COc1cc(N2CCN(C)CC2)ccc1Nc1nc(Oc2cccc([N+](=O)[O-])c2)n2nccc2n1.CS(=O)(=O)c1nc(Oc2cccc([N+](=O)[O-])c2)n2nccc2n1. The Hall–Kier alpha value is -8.95. The third kappa shape index (κ3) is 12.6. The number of fused-ring (bicyclic) bond motifs is 2. The van der Waals surface area contributed by atoms with Gasteiger partial charge in [-0.05, 0) is 50.5 Å². The molecule has 0 atom stereocenters. The van der Waals surface area contributed by atoms with Crippen molar-refractivity contribution in [3.63, 3.8) is 0 Å². The Balaban J connectivity index is 0.000000160. The lowest BCUT2D eigenvalue weighted by atomic mass is 10.2. The van der Waals surface area contributed by atoms with Crippen LogP contribution in [0.3, 0.4) is 0 Å². The molecule has 3 N–H and O–H groups in total. The van der Waals surface area contributed by atoms with Crippen LogP contribution in [-0.2, 0) is 9.84 Å². The number of aromatic nitrogens is 8. The highest BCUT2D eigenvalue weighted by Crippen LogP contribution is 2.34. The van der Waals surface area contributed by atoms with Gasteiger partial charge in [-0.25, -0.2) is 8.42 Å². The average Bonchev–Trinajstić information content (AvgIpc) is 4.09. The number of rotatable bonds is 13. The number of likely N-dealkylation sites (N-methyl/N-ethyl adjacent to an activating group) is 2. The molecule has 386 valence electrons. The van der Waals surface area contributed by atoms with E-state index in [0.29, 0.717) is 22.8 Å². The van der Waals surface area contributed by atoms with E-state index in [2.05, 4.69) is 75.2 Å². The molecule has 8 aromatic rings. The highest BCUT2D eigenvalue weighted by atomic mass is 32.2. The second kappa shape index (κ2) is 22.6. The van der Waals surface area contributed by atoms with Crippen molar-refractivity contribution in [1.29, 1.82) is 0 Å². The monoisotopic (exact) mass is 1030 g/mol. The normalized spacial score (nSPS) is 14.1. The molecule has 0 aliphatic carbocycles. The fourth-order valence-corrected chi connectivity index (χ4v) is 8.10. The Morgan fingerprint density at radius 1 is 0.608 bits per heavy atom. The van der Waals surface area contributed by atoms with E-state index in [1.165, 1.54) is 63.4 Å². The van der Waals surface area contributed by atoms with E-state index >= 15 is 0 Å². The Kier molecular flexibility index (Phi) is 15.7. The number of nitrogens with one attached hydrogen (secondary N) is 1. The summed E-state index contributed by atoms with van der Waals surface area (Å²) in [6.07, 6.45) is 3.93. The van der Waals surface area contributed by atoms with Gasteiger partial charge in [0.25, 0.3) is 16.5 Å². The molecule has 0 amide bonds. The van der Waals surface area contributed by atoms with Crippen LogP contribution >= 0.6 is 0 Å². The second-order valence-corrected chi connectivity index (χ2v) is 18.7. The Morgan fingerprint density at radius 3 is 1.59 bits per heavy atom. The molecule has 27 heteroatoms. The number of piperazine rings is 2. The Bertz CT molecular complexity index is 3400. The molecule has 4 aromatic carbocycles. The Labute approximate surface area is 423 Å². The summed E-state index contributed by atoms with van der Waals surface area (Å²) in [6.45, 7) is 8.24. The summed E-state index contributed by atoms with van der Waals surface area (Å²) in [5.41, 5.74) is 9.93. The summed E-state index contributed by atoms with van der Waals surface area (Å²) in [5.74, 6) is 2.06. The lowest BCUT2D eigenvalue weighted by Gasteiger charge is -2.34. The summed E-state index contributed by atoms with van der Waals surface area (Å²) >= 11 is 0. The van der Waals surface area contributed by atoms with Crippen LogP contribution in [0, 0.1) is 20.2 Å². The summed E-state index contributed by atoms with van der Waals surface area (Å²) in [4.78, 5) is 46.8. The van der Waals surface area contributed by atoms with Crippen LogP contribution in [0.2, 0.25) is 0 Å². The van der Waals surface area contributed by atoms with E-state index in [1.807, 2.05) is 30.3 Å². The molecule has 2 aliphatic rings. The van der Waals surface area contributed by atoms with Crippen molar-refractivity contribution in [3.05, 3.63) is 130 Å². The molecule has 26 nitrogen and oxygen atoms in total. The van der Waals surface area contributed by atoms with Crippen LogP contribution in [0.5, 0.6) is 35.0 Å². The third-order valence-corrected chi connectivity index (χ3v) is 12.5. The number of non-ortho nitro benzene ring substituents is 2. The van der Waals surface area contributed by atoms with Gasteiger partial charge in [0.15, 0.2) is 11.3 Å². The van der Waals surface area contributed by atoms with Crippen molar-refractivity contribution < 1.29 is 37.2 Å². The smallest absolute Gasteiger partial charge is 0.328 e. The summed E-state index contributed by atoms with van der Waals surface area (Å²) in [5, 5.41) is 32.8. The van der Waals surface area contributed by atoms with Crippen LogP contribution in [0.1, 0.15) is 0 Å². The first kappa shape index (κ1) is 51.4. The molecule has 0 spiro atoms. The van der Waals surface area contributed by atoms with E-state index in [4.69, 9.17) is 24.7 Å². The highest BCUT2D eigenvalue weighted by Gasteiger charge is 2.21. The standard InChI is InChI=1S/C23H24N8O4.C12H9N5O5S.C12H19N3O/c1-28-10-12-29(13-11-28)16-6-7-19(20(15-16)34-2)25-22-26-21-8-9-24-30(21)23(27-22)35-18-5-3-4-17(14-18)31(32)33;1-23(20,21)11-14-10-5-6-13-16(10)12(15-11)22-9-4-2-3-8(7-9)17(18)19;1-14-5-7-15(8-6-14)10-3-4-11(13)12(9-10)16-2/h3-9,14-15H,10-13H2,1-2H3,(H,25,26);2-7H,1H3;3-4,9H,5-8,13H2,1-2H3. The number of nitrogens with two attached hydrogens (primary N) is 1. The van der Waals surface area contributed by atoms with Crippen molar-refractivity contribution in [2.45, 2.75) is 5.16 Å². The number of benzene rings is 4. The predicted molar refractivity (Wildman–Crippen MR) is 274 cm³/mol. The number of nitro benzene ring substituents is 2. The summed E-state index contributed by atoms with van der Waals surface area (Å²) in [6, 6.07) is 26.3. The maximum absolute atomic E-state index is 11.6. The molecule has 74 heavy (non-hydrogen) atoms. The van der Waals surface area contributed by atoms with Crippen LogP contribution < -0.4 is 39.8 Å². The van der Waals surface area contributed by atoms with Gasteiger partial charge in [0.1, 0.15) is 23.0 Å². The minimum Gasteiger partial charge on any atom is -0.495 e. The Morgan fingerprint density at radius 2 is 1.09 bits per heavy atom. The van der Waals surface area contributed by atoms with Gasteiger partial charge in [-0.1, -0.05) is 12.1 Å². The molecule has 6 heterocycles. The number of hydrogen-bond donors (Lipinski definition) is 2. The van der Waals surface area contributed by atoms with E-state index in [1.54, 1.807) is 38.6 Å². The number of nitrogen functional groups attached to an aromatic ring is 1. The molecule has 0 saturated carbocycles. The van der Waals surface area contributed by atoms with E-state index in [-0.39, 0.29) is 46.5 Å². The molecule has 2 saturated heterocycles. The maximum atomic E-state index is 11.6. The van der Waals surface area contributed by atoms with Gasteiger partial charge >= 0.3 is 12.0 Å².